The number of aliphatic hydroxyl groups is 1. The molecule has 0 saturated carbocycles. The predicted octanol–water partition coefficient (Wildman–Crippen LogP) is 1.59. The van der Waals surface area contributed by atoms with Crippen molar-refractivity contribution in [3.63, 3.8) is 0 Å². The first-order valence-electron chi connectivity index (χ1n) is 4.46. The van der Waals surface area contributed by atoms with Gasteiger partial charge in [-0.3, -0.25) is 0 Å². The van der Waals surface area contributed by atoms with E-state index >= 15 is 0 Å². The molecule has 0 aliphatic heterocycles. The van der Waals surface area contributed by atoms with Crippen LogP contribution in [-0.4, -0.2) is 18.3 Å². The normalized spacial score (nSPS) is 12.9. The Morgan fingerprint density at radius 3 is 2.67 bits per heavy atom. The molecule has 0 aliphatic rings. The molecule has 0 fully saturated rings. The molecule has 0 spiro atoms. The third kappa shape index (κ3) is 3.14. The molecule has 0 radical (unpaired) electrons. The van der Waals surface area contributed by atoms with Crippen LogP contribution >= 0.6 is 0 Å². The minimum atomic E-state index is -2.86. The Labute approximate surface area is 86.5 Å². The topological polar surface area (TPSA) is 55.5 Å². The van der Waals surface area contributed by atoms with Crippen LogP contribution in [0.4, 0.5) is 8.78 Å². The molecule has 1 atom stereocenters. The average Bonchev–Trinajstić information content (AvgIpc) is 2.19. The first kappa shape index (κ1) is 11.9. The van der Waals surface area contributed by atoms with Gasteiger partial charge in [-0.25, -0.2) is 0 Å². The zero-order chi connectivity index (χ0) is 11.4. The van der Waals surface area contributed by atoms with Crippen molar-refractivity contribution in [3.05, 3.63) is 29.3 Å². The van der Waals surface area contributed by atoms with Crippen LogP contribution in [0.15, 0.2) is 18.2 Å². The highest BCUT2D eigenvalue weighted by molar-refractivity contribution is 5.37. The monoisotopic (exact) mass is 217 g/mol. The summed E-state index contributed by atoms with van der Waals surface area (Å²) in [6, 6.07) is 4.14. The van der Waals surface area contributed by atoms with Crippen molar-refractivity contribution in [1.82, 2.24) is 0 Å². The van der Waals surface area contributed by atoms with Crippen LogP contribution in [0.1, 0.15) is 17.2 Å². The van der Waals surface area contributed by atoms with Crippen LogP contribution < -0.4 is 10.5 Å². The van der Waals surface area contributed by atoms with E-state index in [4.69, 9.17) is 10.8 Å². The molecule has 3 nitrogen and oxygen atoms in total. The van der Waals surface area contributed by atoms with Crippen molar-refractivity contribution in [3.8, 4) is 5.75 Å². The summed E-state index contributed by atoms with van der Waals surface area (Å²) in [6.45, 7) is -1.44. The first-order chi connectivity index (χ1) is 7.04. The summed E-state index contributed by atoms with van der Waals surface area (Å²) in [5.41, 5.74) is 6.72. The minimum Gasteiger partial charge on any atom is -0.435 e. The molecule has 1 aromatic carbocycles. The largest absolute Gasteiger partial charge is 0.435 e. The number of ether oxygens (including phenoxy) is 1. The van der Waals surface area contributed by atoms with E-state index in [0.29, 0.717) is 11.1 Å². The molecule has 0 saturated heterocycles. The van der Waals surface area contributed by atoms with Crippen molar-refractivity contribution in [2.45, 2.75) is 19.6 Å². The maximum atomic E-state index is 12.0. The van der Waals surface area contributed by atoms with Crippen molar-refractivity contribution in [2.75, 3.05) is 6.61 Å². The van der Waals surface area contributed by atoms with E-state index in [0.717, 1.165) is 0 Å². The van der Waals surface area contributed by atoms with Gasteiger partial charge in [0.15, 0.2) is 0 Å². The zero-order valence-electron chi connectivity index (χ0n) is 8.28. The van der Waals surface area contributed by atoms with Crippen LogP contribution in [-0.2, 0) is 0 Å². The van der Waals surface area contributed by atoms with E-state index in [1.807, 2.05) is 0 Å². The summed E-state index contributed by atoms with van der Waals surface area (Å²) in [7, 11) is 0. The predicted molar refractivity (Wildman–Crippen MR) is 51.8 cm³/mol. The molecule has 1 aromatic rings. The SMILES string of the molecule is Cc1ccc(C(N)CO)cc1OC(F)F. The Balaban J connectivity index is 2.94. The third-order valence-electron chi connectivity index (χ3n) is 2.05. The molecule has 3 N–H and O–H groups in total. The minimum absolute atomic E-state index is 0.0893. The van der Waals surface area contributed by atoms with E-state index < -0.39 is 12.7 Å². The van der Waals surface area contributed by atoms with Gasteiger partial charge in [-0.05, 0) is 24.1 Å². The van der Waals surface area contributed by atoms with Gasteiger partial charge >= 0.3 is 6.61 Å². The number of rotatable bonds is 4. The van der Waals surface area contributed by atoms with Gasteiger partial charge in [0.2, 0.25) is 0 Å². The highest BCUT2D eigenvalue weighted by atomic mass is 19.3. The summed E-state index contributed by atoms with van der Waals surface area (Å²) in [4.78, 5) is 0. The number of hydrogen-bond acceptors (Lipinski definition) is 3. The van der Waals surface area contributed by atoms with E-state index in [9.17, 15) is 8.78 Å². The fraction of sp³-hybridized carbons (Fsp3) is 0.400. The molecule has 1 unspecified atom stereocenters. The van der Waals surface area contributed by atoms with Gasteiger partial charge in [0.05, 0.1) is 12.6 Å². The Kier molecular flexibility index (Phi) is 3.99. The summed E-state index contributed by atoms with van der Waals surface area (Å²) in [5.74, 6) is 0.0893. The van der Waals surface area contributed by atoms with Gasteiger partial charge in [-0.15, -0.1) is 0 Å². The molecule has 1 rings (SSSR count). The number of alkyl halides is 2. The van der Waals surface area contributed by atoms with Crippen molar-refractivity contribution >= 4 is 0 Å². The van der Waals surface area contributed by atoms with Gasteiger partial charge in [0.1, 0.15) is 5.75 Å². The maximum Gasteiger partial charge on any atom is 0.387 e. The highest BCUT2D eigenvalue weighted by Gasteiger charge is 2.11. The second kappa shape index (κ2) is 5.04. The molecule has 0 aliphatic carbocycles. The second-order valence-corrected chi connectivity index (χ2v) is 3.19. The highest BCUT2D eigenvalue weighted by Crippen LogP contribution is 2.23. The Morgan fingerprint density at radius 2 is 2.13 bits per heavy atom. The van der Waals surface area contributed by atoms with Crippen LogP contribution in [0.3, 0.4) is 0 Å². The van der Waals surface area contributed by atoms with Gasteiger partial charge in [-0.2, -0.15) is 8.78 Å². The summed E-state index contributed by atoms with van der Waals surface area (Å²) < 4.78 is 28.3. The van der Waals surface area contributed by atoms with E-state index in [1.54, 1.807) is 19.1 Å². The number of benzene rings is 1. The molecular formula is C10H13F2NO2. The second-order valence-electron chi connectivity index (χ2n) is 3.19. The Bertz CT molecular complexity index is 331. The van der Waals surface area contributed by atoms with E-state index in [1.165, 1.54) is 6.07 Å². The lowest BCUT2D eigenvalue weighted by Crippen LogP contribution is -2.15. The molecule has 5 heteroatoms. The van der Waals surface area contributed by atoms with Crippen molar-refractivity contribution < 1.29 is 18.6 Å². The van der Waals surface area contributed by atoms with Gasteiger partial charge < -0.3 is 15.6 Å². The molecular weight excluding hydrogens is 204 g/mol. The molecule has 84 valence electrons. The van der Waals surface area contributed by atoms with Gasteiger partial charge in [0, 0.05) is 0 Å². The Hall–Kier alpha value is -1.20. The van der Waals surface area contributed by atoms with Crippen molar-refractivity contribution in [1.29, 1.82) is 0 Å². The molecule has 0 bridgehead atoms. The van der Waals surface area contributed by atoms with Crippen LogP contribution in [0.2, 0.25) is 0 Å². The number of aliphatic hydroxyl groups excluding tert-OH is 1. The van der Waals surface area contributed by atoms with Crippen LogP contribution in [0.5, 0.6) is 5.75 Å². The fourth-order valence-electron chi connectivity index (χ4n) is 1.18. The summed E-state index contributed by atoms with van der Waals surface area (Å²) >= 11 is 0. The number of hydrogen-bond donors (Lipinski definition) is 2. The lowest BCUT2D eigenvalue weighted by Gasteiger charge is -2.13. The average molecular weight is 217 g/mol. The number of aryl methyl sites for hydroxylation is 1. The summed E-state index contributed by atoms with van der Waals surface area (Å²) in [5, 5.41) is 8.82. The first-order valence-corrected chi connectivity index (χ1v) is 4.46. The van der Waals surface area contributed by atoms with E-state index in [-0.39, 0.29) is 12.4 Å². The molecule has 15 heavy (non-hydrogen) atoms. The van der Waals surface area contributed by atoms with Gasteiger partial charge in [0.25, 0.3) is 0 Å². The molecule has 0 heterocycles. The van der Waals surface area contributed by atoms with Crippen molar-refractivity contribution in [2.24, 2.45) is 5.73 Å². The van der Waals surface area contributed by atoms with Gasteiger partial charge in [-0.1, -0.05) is 12.1 Å². The lowest BCUT2D eigenvalue weighted by molar-refractivity contribution is -0.0503. The van der Waals surface area contributed by atoms with Crippen LogP contribution in [0.25, 0.3) is 0 Å². The lowest BCUT2D eigenvalue weighted by atomic mass is 10.1. The fourth-order valence-corrected chi connectivity index (χ4v) is 1.18. The molecule has 0 aromatic heterocycles. The quantitative estimate of drug-likeness (QED) is 0.805. The van der Waals surface area contributed by atoms with Crippen LogP contribution in [0, 0.1) is 6.92 Å². The maximum absolute atomic E-state index is 12.0. The smallest absolute Gasteiger partial charge is 0.387 e. The van der Waals surface area contributed by atoms with E-state index in [2.05, 4.69) is 4.74 Å². The number of halogens is 2. The molecule has 0 amide bonds. The summed E-state index contributed by atoms with van der Waals surface area (Å²) in [6.07, 6.45) is 0. The standard InChI is InChI=1S/C10H13F2NO2/c1-6-2-3-7(8(13)5-14)4-9(6)15-10(11)12/h2-4,8,10,14H,5,13H2,1H3. The Morgan fingerprint density at radius 1 is 1.47 bits per heavy atom. The third-order valence-corrected chi connectivity index (χ3v) is 2.05. The zero-order valence-corrected chi connectivity index (χ0v) is 8.28. The number of nitrogens with two attached hydrogens (primary N) is 1.